The lowest BCUT2D eigenvalue weighted by atomic mass is 10.1. The molecular formula is C8H5BrF4. The Labute approximate surface area is 80.7 Å². The first kappa shape index (κ1) is 10.5. The van der Waals surface area contributed by atoms with Crippen LogP contribution in [0.1, 0.15) is 11.1 Å². The number of halogens is 5. The lowest BCUT2D eigenvalue weighted by Gasteiger charge is -2.07. The molecule has 0 saturated heterocycles. The molecule has 0 nitrogen and oxygen atoms in total. The van der Waals surface area contributed by atoms with Crippen LogP contribution in [0, 0.1) is 5.82 Å². The minimum atomic E-state index is -4.48. The van der Waals surface area contributed by atoms with E-state index in [4.69, 9.17) is 0 Å². The topological polar surface area (TPSA) is 0 Å². The van der Waals surface area contributed by atoms with Crippen molar-refractivity contribution in [2.45, 2.75) is 11.5 Å². The normalized spacial score (nSPS) is 11.8. The minimum Gasteiger partial charge on any atom is -0.207 e. The fourth-order valence-electron chi connectivity index (χ4n) is 0.832. The van der Waals surface area contributed by atoms with Crippen LogP contribution < -0.4 is 0 Å². The number of rotatable bonds is 1. The maximum absolute atomic E-state index is 12.9. The summed E-state index contributed by atoms with van der Waals surface area (Å²) in [6.07, 6.45) is -4.48. The van der Waals surface area contributed by atoms with Crippen LogP contribution in [0.15, 0.2) is 18.2 Å². The van der Waals surface area contributed by atoms with Gasteiger partial charge in [-0.05, 0) is 17.7 Å². The molecule has 0 bridgehead atoms. The second kappa shape index (κ2) is 3.65. The fourth-order valence-corrected chi connectivity index (χ4v) is 1.29. The van der Waals surface area contributed by atoms with Crippen molar-refractivity contribution in [1.29, 1.82) is 0 Å². The molecule has 0 aliphatic heterocycles. The predicted octanol–water partition coefficient (Wildman–Crippen LogP) is 3.74. The summed E-state index contributed by atoms with van der Waals surface area (Å²) < 4.78 is 48.9. The van der Waals surface area contributed by atoms with Crippen molar-refractivity contribution < 1.29 is 17.6 Å². The monoisotopic (exact) mass is 256 g/mol. The van der Waals surface area contributed by atoms with E-state index in [2.05, 4.69) is 15.9 Å². The Bertz CT molecular complexity index is 306. The largest absolute Gasteiger partial charge is 0.416 e. The molecular weight excluding hydrogens is 252 g/mol. The van der Waals surface area contributed by atoms with Crippen molar-refractivity contribution >= 4 is 15.9 Å². The minimum absolute atomic E-state index is 0.205. The third kappa shape index (κ3) is 2.43. The Morgan fingerprint density at radius 3 is 2.23 bits per heavy atom. The van der Waals surface area contributed by atoms with Crippen LogP contribution in [0.3, 0.4) is 0 Å². The Balaban J connectivity index is 3.10. The summed E-state index contributed by atoms with van der Waals surface area (Å²) in [7, 11) is 0. The van der Waals surface area contributed by atoms with Crippen molar-refractivity contribution in [3.63, 3.8) is 0 Å². The zero-order valence-electron chi connectivity index (χ0n) is 6.33. The molecule has 1 aromatic rings. The first-order valence-corrected chi connectivity index (χ1v) is 4.49. The van der Waals surface area contributed by atoms with E-state index in [0.29, 0.717) is 6.07 Å². The van der Waals surface area contributed by atoms with Gasteiger partial charge in [-0.2, -0.15) is 13.2 Å². The molecule has 0 spiro atoms. The first-order valence-electron chi connectivity index (χ1n) is 3.36. The SMILES string of the molecule is Fc1cc(C(F)(F)F)ccc1CBr. The summed E-state index contributed by atoms with van der Waals surface area (Å²) >= 11 is 2.96. The fraction of sp³-hybridized carbons (Fsp3) is 0.250. The summed E-state index contributed by atoms with van der Waals surface area (Å²) in [5, 5.41) is 0.205. The molecule has 1 aromatic carbocycles. The average Bonchev–Trinajstić information content (AvgIpc) is 2.02. The van der Waals surface area contributed by atoms with Gasteiger partial charge in [0.1, 0.15) is 5.82 Å². The van der Waals surface area contributed by atoms with E-state index in [-0.39, 0.29) is 10.9 Å². The third-order valence-electron chi connectivity index (χ3n) is 1.52. The molecule has 0 aromatic heterocycles. The molecule has 72 valence electrons. The van der Waals surface area contributed by atoms with Gasteiger partial charge in [0.25, 0.3) is 0 Å². The van der Waals surface area contributed by atoms with Gasteiger partial charge < -0.3 is 0 Å². The Morgan fingerprint density at radius 2 is 1.85 bits per heavy atom. The van der Waals surface area contributed by atoms with Crippen molar-refractivity contribution in [2.75, 3.05) is 0 Å². The van der Waals surface area contributed by atoms with Crippen molar-refractivity contribution in [2.24, 2.45) is 0 Å². The summed E-state index contributed by atoms with van der Waals surface area (Å²) in [6.45, 7) is 0. The predicted molar refractivity (Wildman–Crippen MR) is 44.0 cm³/mol. The molecule has 1 rings (SSSR count). The highest BCUT2D eigenvalue weighted by molar-refractivity contribution is 9.08. The van der Waals surface area contributed by atoms with Crippen molar-refractivity contribution in [3.8, 4) is 0 Å². The molecule has 0 N–H and O–H groups in total. The number of benzene rings is 1. The van der Waals surface area contributed by atoms with E-state index in [0.717, 1.165) is 12.1 Å². The number of alkyl halides is 4. The van der Waals surface area contributed by atoms with Crippen LogP contribution in [0.25, 0.3) is 0 Å². The van der Waals surface area contributed by atoms with Gasteiger partial charge in [-0.15, -0.1) is 0 Å². The van der Waals surface area contributed by atoms with E-state index in [9.17, 15) is 17.6 Å². The van der Waals surface area contributed by atoms with Crippen molar-refractivity contribution in [3.05, 3.63) is 35.1 Å². The lowest BCUT2D eigenvalue weighted by molar-refractivity contribution is -0.137. The molecule has 0 heterocycles. The maximum Gasteiger partial charge on any atom is 0.416 e. The van der Waals surface area contributed by atoms with Crippen LogP contribution in [-0.2, 0) is 11.5 Å². The Morgan fingerprint density at radius 1 is 1.23 bits per heavy atom. The molecule has 0 unspecified atom stereocenters. The maximum atomic E-state index is 12.9. The molecule has 13 heavy (non-hydrogen) atoms. The van der Waals surface area contributed by atoms with Gasteiger partial charge in [0.05, 0.1) is 5.56 Å². The highest BCUT2D eigenvalue weighted by Gasteiger charge is 2.30. The summed E-state index contributed by atoms with van der Waals surface area (Å²) in [5.41, 5.74) is -0.748. The van der Waals surface area contributed by atoms with Gasteiger partial charge in [0.15, 0.2) is 0 Å². The van der Waals surface area contributed by atoms with Crippen LogP contribution in [-0.4, -0.2) is 0 Å². The Kier molecular flexibility index (Phi) is 2.95. The van der Waals surface area contributed by atoms with Crippen LogP contribution in [0.4, 0.5) is 17.6 Å². The smallest absolute Gasteiger partial charge is 0.207 e. The second-order valence-electron chi connectivity index (χ2n) is 2.44. The average molecular weight is 257 g/mol. The molecule has 0 amide bonds. The van der Waals surface area contributed by atoms with Crippen molar-refractivity contribution in [1.82, 2.24) is 0 Å². The Hall–Kier alpha value is -0.580. The molecule has 0 fully saturated rings. The number of hydrogen-bond acceptors (Lipinski definition) is 0. The third-order valence-corrected chi connectivity index (χ3v) is 2.13. The zero-order valence-corrected chi connectivity index (χ0v) is 7.91. The number of hydrogen-bond donors (Lipinski definition) is 0. The van der Waals surface area contributed by atoms with Gasteiger partial charge in [0.2, 0.25) is 0 Å². The van der Waals surface area contributed by atoms with Gasteiger partial charge >= 0.3 is 6.18 Å². The van der Waals surface area contributed by atoms with Crippen LogP contribution in [0.5, 0.6) is 0 Å². The summed E-state index contributed by atoms with van der Waals surface area (Å²) in [5.74, 6) is -0.841. The van der Waals surface area contributed by atoms with E-state index >= 15 is 0 Å². The highest BCUT2D eigenvalue weighted by atomic mass is 79.9. The first-order chi connectivity index (χ1) is 5.95. The van der Waals surface area contributed by atoms with Crippen LogP contribution in [0.2, 0.25) is 0 Å². The van der Waals surface area contributed by atoms with E-state index < -0.39 is 17.6 Å². The summed E-state index contributed by atoms with van der Waals surface area (Å²) in [6, 6.07) is 2.48. The molecule has 0 atom stereocenters. The molecule has 5 heteroatoms. The van der Waals surface area contributed by atoms with Crippen LogP contribution >= 0.6 is 15.9 Å². The molecule has 0 aliphatic rings. The summed E-state index contributed by atoms with van der Waals surface area (Å²) in [4.78, 5) is 0. The van der Waals surface area contributed by atoms with Gasteiger partial charge in [-0.25, -0.2) is 4.39 Å². The molecule has 0 saturated carbocycles. The lowest BCUT2D eigenvalue weighted by Crippen LogP contribution is -2.05. The van der Waals surface area contributed by atoms with Gasteiger partial charge in [-0.1, -0.05) is 22.0 Å². The van der Waals surface area contributed by atoms with E-state index in [1.54, 1.807) is 0 Å². The zero-order chi connectivity index (χ0) is 10.1. The molecule has 0 aliphatic carbocycles. The standard InChI is InChI=1S/C8H5BrF4/c9-4-5-1-2-6(3-7(5)10)8(11,12)13/h1-3H,4H2. The van der Waals surface area contributed by atoms with E-state index in [1.165, 1.54) is 0 Å². The van der Waals surface area contributed by atoms with Gasteiger partial charge in [-0.3, -0.25) is 0 Å². The van der Waals surface area contributed by atoms with E-state index in [1.807, 2.05) is 0 Å². The second-order valence-corrected chi connectivity index (χ2v) is 3.00. The quantitative estimate of drug-likeness (QED) is 0.531. The van der Waals surface area contributed by atoms with Gasteiger partial charge in [0, 0.05) is 5.33 Å². The highest BCUT2D eigenvalue weighted by Crippen LogP contribution is 2.30. The molecule has 0 radical (unpaired) electrons.